The molecular formula is C19H19FN2O2. The minimum absolute atomic E-state index is 0.184. The van der Waals surface area contributed by atoms with Gasteiger partial charge in [-0.05, 0) is 54.8 Å². The van der Waals surface area contributed by atoms with Crippen LogP contribution in [0.3, 0.4) is 0 Å². The van der Waals surface area contributed by atoms with Crippen LogP contribution in [0.4, 0.5) is 10.1 Å². The molecule has 2 amide bonds. The second-order valence-corrected chi connectivity index (χ2v) is 6.03. The summed E-state index contributed by atoms with van der Waals surface area (Å²) in [6.07, 6.45) is 1.54. The van der Waals surface area contributed by atoms with E-state index in [0.29, 0.717) is 29.8 Å². The molecule has 0 atom stereocenters. The summed E-state index contributed by atoms with van der Waals surface area (Å²) < 4.78 is 13.1. The summed E-state index contributed by atoms with van der Waals surface area (Å²) in [5.74, 6) is -0.386. The van der Waals surface area contributed by atoms with Crippen molar-refractivity contribution in [2.24, 2.45) is 0 Å². The van der Waals surface area contributed by atoms with E-state index in [9.17, 15) is 14.0 Å². The fraction of sp³-hybridized carbons (Fsp3) is 0.263. The molecule has 0 saturated carbocycles. The number of anilines is 1. The molecule has 1 N–H and O–H groups in total. The third kappa shape index (κ3) is 3.62. The number of likely N-dealkylation sites (tertiary alicyclic amines) is 1. The number of nitrogens with one attached hydrogen (secondary N) is 1. The van der Waals surface area contributed by atoms with E-state index in [-0.39, 0.29) is 17.6 Å². The van der Waals surface area contributed by atoms with Crippen molar-refractivity contribution in [3.8, 4) is 0 Å². The normalized spacial score (nSPS) is 14.1. The first-order valence-electron chi connectivity index (χ1n) is 7.97. The summed E-state index contributed by atoms with van der Waals surface area (Å²) in [5, 5.41) is 2.78. The van der Waals surface area contributed by atoms with Crippen LogP contribution in [0.5, 0.6) is 0 Å². The molecule has 1 heterocycles. The fourth-order valence-corrected chi connectivity index (χ4v) is 2.81. The highest BCUT2D eigenvalue weighted by Crippen LogP contribution is 2.18. The Morgan fingerprint density at radius 3 is 2.58 bits per heavy atom. The van der Waals surface area contributed by atoms with Gasteiger partial charge in [0.25, 0.3) is 5.91 Å². The molecule has 0 unspecified atom stereocenters. The summed E-state index contributed by atoms with van der Waals surface area (Å²) in [6.45, 7) is 3.12. The van der Waals surface area contributed by atoms with Gasteiger partial charge in [0.15, 0.2) is 0 Å². The van der Waals surface area contributed by atoms with Crippen molar-refractivity contribution >= 4 is 17.5 Å². The number of hydrogen-bond acceptors (Lipinski definition) is 2. The summed E-state index contributed by atoms with van der Waals surface area (Å²) in [5.41, 5.74) is 2.79. The van der Waals surface area contributed by atoms with E-state index < -0.39 is 0 Å². The van der Waals surface area contributed by atoms with Crippen molar-refractivity contribution in [1.29, 1.82) is 0 Å². The molecule has 1 aliphatic rings. The third-order valence-electron chi connectivity index (χ3n) is 4.20. The predicted octanol–water partition coefficient (Wildman–Crippen LogP) is 3.51. The average Bonchev–Trinajstić information content (AvgIpc) is 2.96. The van der Waals surface area contributed by atoms with Crippen molar-refractivity contribution < 1.29 is 14.0 Å². The van der Waals surface area contributed by atoms with Crippen LogP contribution < -0.4 is 5.32 Å². The van der Waals surface area contributed by atoms with Gasteiger partial charge in [-0.25, -0.2) is 4.39 Å². The second-order valence-electron chi connectivity index (χ2n) is 6.03. The van der Waals surface area contributed by atoms with Crippen LogP contribution in [-0.4, -0.2) is 23.3 Å². The van der Waals surface area contributed by atoms with Gasteiger partial charge < -0.3 is 10.2 Å². The van der Waals surface area contributed by atoms with Gasteiger partial charge in [0, 0.05) is 30.8 Å². The number of amides is 2. The number of benzene rings is 2. The van der Waals surface area contributed by atoms with Crippen LogP contribution in [0.2, 0.25) is 0 Å². The Kier molecular flexibility index (Phi) is 4.60. The Morgan fingerprint density at radius 2 is 1.96 bits per heavy atom. The molecule has 1 fully saturated rings. The van der Waals surface area contributed by atoms with E-state index in [4.69, 9.17) is 0 Å². The van der Waals surface area contributed by atoms with Crippen molar-refractivity contribution in [3.63, 3.8) is 0 Å². The van der Waals surface area contributed by atoms with E-state index in [1.165, 1.54) is 12.1 Å². The summed E-state index contributed by atoms with van der Waals surface area (Å²) in [4.78, 5) is 25.8. The molecule has 0 aromatic heterocycles. The average molecular weight is 326 g/mol. The zero-order chi connectivity index (χ0) is 17.1. The predicted molar refractivity (Wildman–Crippen MR) is 90.2 cm³/mol. The van der Waals surface area contributed by atoms with Crippen LogP contribution in [0.1, 0.15) is 34.3 Å². The van der Waals surface area contributed by atoms with Crippen LogP contribution in [0.15, 0.2) is 42.5 Å². The molecule has 0 spiro atoms. The zero-order valence-corrected chi connectivity index (χ0v) is 13.5. The quantitative estimate of drug-likeness (QED) is 0.935. The number of carbonyl (C=O) groups is 2. The lowest BCUT2D eigenvalue weighted by atomic mass is 10.1. The standard InChI is InChI=1S/C19H19FN2O2/c1-13-11-16(20)8-9-17(13)21-19(24)15-6-4-14(5-7-15)12-22-10-2-3-18(22)23/h4-9,11H,2-3,10,12H2,1H3,(H,21,24). The van der Waals surface area contributed by atoms with E-state index in [0.717, 1.165) is 18.5 Å². The molecule has 0 aliphatic carbocycles. The van der Waals surface area contributed by atoms with Crippen LogP contribution in [0, 0.1) is 12.7 Å². The lowest BCUT2D eigenvalue weighted by molar-refractivity contribution is -0.128. The number of aryl methyl sites for hydroxylation is 1. The van der Waals surface area contributed by atoms with Crippen LogP contribution >= 0.6 is 0 Å². The molecule has 124 valence electrons. The molecule has 1 aliphatic heterocycles. The molecule has 0 bridgehead atoms. The van der Waals surface area contributed by atoms with Crippen LogP contribution in [0.25, 0.3) is 0 Å². The maximum absolute atomic E-state index is 13.1. The molecule has 2 aromatic rings. The molecule has 24 heavy (non-hydrogen) atoms. The minimum atomic E-state index is -0.327. The van der Waals surface area contributed by atoms with Gasteiger partial charge in [0.2, 0.25) is 5.91 Å². The third-order valence-corrected chi connectivity index (χ3v) is 4.20. The number of hydrogen-bond donors (Lipinski definition) is 1. The smallest absolute Gasteiger partial charge is 0.255 e. The topological polar surface area (TPSA) is 49.4 Å². The number of nitrogens with zero attached hydrogens (tertiary/aromatic N) is 1. The largest absolute Gasteiger partial charge is 0.338 e. The van der Waals surface area contributed by atoms with Crippen molar-refractivity contribution in [1.82, 2.24) is 4.90 Å². The van der Waals surface area contributed by atoms with Crippen molar-refractivity contribution in [3.05, 3.63) is 65.0 Å². The monoisotopic (exact) mass is 326 g/mol. The number of carbonyl (C=O) groups excluding carboxylic acids is 2. The van der Waals surface area contributed by atoms with Gasteiger partial charge in [-0.15, -0.1) is 0 Å². The fourth-order valence-electron chi connectivity index (χ4n) is 2.81. The first-order chi connectivity index (χ1) is 11.5. The summed E-state index contributed by atoms with van der Waals surface area (Å²) in [6, 6.07) is 11.4. The van der Waals surface area contributed by atoms with E-state index in [2.05, 4.69) is 5.32 Å². The van der Waals surface area contributed by atoms with Gasteiger partial charge in [-0.1, -0.05) is 12.1 Å². The van der Waals surface area contributed by atoms with Crippen LogP contribution in [-0.2, 0) is 11.3 Å². The summed E-state index contributed by atoms with van der Waals surface area (Å²) >= 11 is 0. The maximum atomic E-state index is 13.1. The molecule has 0 radical (unpaired) electrons. The highest BCUT2D eigenvalue weighted by atomic mass is 19.1. The number of rotatable bonds is 4. The Balaban J connectivity index is 1.66. The molecule has 1 saturated heterocycles. The highest BCUT2D eigenvalue weighted by Gasteiger charge is 2.20. The Bertz CT molecular complexity index is 771. The Hall–Kier alpha value is -2.69. The van der Waals surface area contributed by atoms with Gasteiger partial charge in [-0.2, -0.15) is 0 Å². The van der Waals surface area contributed by atoms with E-state index in [1.54, 1.807) is 25.1 Å². The second kappa shape index (κ2) is 6.83. The molecule has 4 nitrogen and oxygen atoms in total. The summed E-state index contributed by atoms with van der Waals surface area (Å²) in [7, 11) is 0. The molecule has 5 heteroatoms. The minimum Gasteiger partial charge on any atom is -0.338 e. The first-order valence-corrected chi connectivity index (χ1v) is 7.97. The van der Waals surface area contributed by atoms with Crippen molar-refractivity contribution in [2.75, 3.05) is 11.9 Å². The lowest BCUT2D eigenvalue weighted by Crippen LogP contribution is -2.23. The van der Waals surface area contributed by atoms with Gasteiger partial charge in [-0.3, -0.25) is 9.59 Å². The SMILES string of the molecule is Cc1cc(F)ccc1NC(=O)c1ccc(CN2CCCC2=O)cc1. The van der Waals surface area contributed by atoms with Gasteiger partial charge >= 0.3 is 0 Å². The highest BCUT2D eigenvalue weighted by molar-refractivity contribution is 6.04. The first kappa shape index (κ1) is 16.2. The van der Waals surface area contributed by atoms with E-state index in [1.807, 2.05) is 17.0 Å². The van der Waals surface area contributed by atoms with E-state index >= 15 is 0 Å². The number of halogens is 1. The molecule has 3 rings (SSSR count). The lowest BCUT2D eigenvalue weighted by Gasteiger charge is -2.15. The zero-order valence-electron chi connectivity index (χ0n) is 13.5. The van der Waals surface area contributed by atoms with Crippen molar-refractivity contribution in [2.45, 2.75) is 26.3 Å². The Labute approximate surface area is 140 Å². The van der Waals surface area contributed by atoms with Gasteiger partial charge in [0.1, 0.15) is 5.82 Å². The Morgan fingerprint density at radius 1 is 1.21 bits per heavy atom. The maximum Gasteiger partial charge on any atom is 0.255 e. The molecule has 2 aromatic carbocycles. The van der Waals surface area contributed by atoms with Gasteiger partial charge in [0.05, 0.1) is 0 Å². The molecular weight excluding hydrogens is 307 g/mol.